The normalized spacial score (nSPS) is 10.3. The molecular weight excluding hydrogens is 320 g/mol. The molecule has 0 spiro atoms. The third-order valence-electron chi connectivity index (χ3n) is 3.54. The van der Waals surface area contributed by atoms with Crippen molar-refractivity contribution in [3.8, 4) is 11.8 Å². The van der Waals surface area contributed by atoms with Crippen LogP contribution in [0.4, 0.5) is 0 Å². The van der Waals surface area contributed by atoms with E-state index >= 15 is 0 Å². The van der Waals surface area contributed by atoms with Crippen molar-refractivity contribution in [2.45, 2.75) is 5.03 Å². The number of Topliss-reactive ketones (excluding diaryl/α,β-unsaturated/α-hetero) is 1. The van der Waals surface area contributed by atoms with Gasteiger partial charge in [-0.05, 0) is 24.3 Å². The topological polar surface area (TPSA) is 63.0 Å². The minimum atomic E-state index is 0.0149. The van der Waals surface area contributed by atoms with Crippen molar-refractivity contribution in [2.75, 3.05) is 12.9 Å². The van der Waals surface area contributed by atoms with Crippen LogP contribution in [-0.4, -0.2) is 23.6 Å². The highest BCUT2D eigenvalue weighted by Crippen LogP contribution is 2.27. The number of carbonyl (C=O) groups is 1. The fraction of sp³-hybridized carbons (Fsp3) is 0.105. The number of hydrogen-bond donors (Lipinski definition) is 0. The Bertz CT molecular complexity index is 933. The molecule has 0 N–H and O–H groups in total. The predicted octanol–water partition coefficient (Wildman–Crippen LogP) is 4.09. The van der Waals surface area contributed by atoms with Crippen LogP contribution < -0.4 is 4.74 Å². The molecule has 0 unspecified atom stereocenters. The highest BCUT2D eigenvalue weighted by Gasteiger charge is 2.12. The molecule has 0 radical (unpaired) electrons. The SMILES string of the molecule is COc1ccc2nc(SCC(=O)c3ccccc3)c(C#N)cc2c1. The molecular formula is C19H14N2O2S. The summed E-state index contributed by atoms with van der Waals surface area (Å²) in [6, 6.07) is 18.6. The lowest BCUT2D eigenvalue weighted by Gasteiger charge is -2.07. The Morgan fingerprint density at radius 3 is 2.71 bits per heavy atom. The van der Waals surface area contributed by atoms with Crippen molar-refractivity contribution >= 4 is 28.4 Å². The quantitative estimate of drug-likeness (QED) is 0.519. The maximum atomic E-state index is 12.2. The molecule has 4 nitrogen and oxygen atoms in total. The average Bonchev–Trinajstić information content (AvgIpc) is 2.65. The number of benzene rings is 2. The monoisotopic (exact) mass is 334 g/mol. The van der Waals surface area contributed by atoms with Gasteiger partial charge in [0.2, 0.25) is 0 Å². The predicted molar refractivity (Wildman–Crippen MR) is 94.5 cm³/mol. The molecule has 0 amide bonds. The number of hydrogen-bond acceptors (Lipinski definition) is 5. The number of thioether (sulfide) groups is 1. The summed E-state index contributed by atoms with van der Waals surface area (Å²) in [6.45, 7) is 0. The number of methoxy groups -OCH3 is 1. The molecule has 0 bridgehead atoms. The van der Waals surface area contributed by atoms with E-state index in [0.717, 1.165) is 10.9 Å². The number of ether oxygens (including phenoxy) is 1. The number of aromatic nitrogens is 1. The Labute approximate surface area is 144 Å². The lowest BCUT2D eigenvalue weighted by Crippen LogP contribution is -2.02. The van der Waals surface area contributed by atoms with Crippen LogP contribution >= 0.6 is 11.8 Å². The van der Waals surface area contributed by atoms with Crippen molar-refractivity contribution in [3.05, 3.63) is 65.7 Å². The molecule has 118 valence electrons. The zero-order valence-electron chi connectivity index (χ0n) is 13.0. The maximum Gasteiger partial charge on any atom is 0.173 e. The van der Waals surface area contributed by atoms with E-state index < -0.39 is 0 Å². The van der Waals surface area contributed by atoms with Crippen LogP contribution in [0, 0.1) is 11.3 Å². The summed E-state index contributed by atoms with van der Waals surface area (Å²) in [5.41, 5.74) is 1.89. The molecule has 24 heavy (non-hydrogen) atoms. The van der Waals surface area contributed by atoms with Crippen molar-refractivity contribution in [3.63, 3.8) is 0 Å². The number of fused-ring (bicyclic) bond motifs is 1. The highest BCUT2D eigenvalue weighted by molar-refractivity contribution is 8.00. The fourth-order valence-electron chi connectivity index (χ4n) is 2.30. The van der Waals surface area contributed by atoms with E-state index in [1.807, 2.05) is 36.4 Å². The van der Waals surface area contributed by atoms with Gasteiger partial charge in [-0.3, -0.25) is 4.79 Å². The minimum absolute atomic E-state index is 0.0149. The first kappa shape index (κ1) is 16.0. The zero-order chi connectivity index (χ0) is 16.9. The standard InChI is InChI=1S/C19H14N2O2S/c1-23-16-7-8-17-14(10-16)9-15(11-20)19(21-17)24-12-18(22)13-5-3-2-4-6-13/h2-10H,12H2,1H3. The third kappa shape index (κ3) is 3.39. The second-order valence-corrected chi connectivity index (χ2v) is 6.05. The summed E-state index contributed by atoms with van der Waals surface area (Å²) in [7, 11) is 1.60. The molecule has 1 heterocycles. The summed E-state index contributed by atoms with van der Waals surface area (Å²) in [6.07, 6.45) is 0. The zero-order valence-corrected chi connectivity index (χ0v) is 13.8. The molecule has 0 aliphatic carbocycles. The van der Waals surface area contributed by atoms with Crippen LogP contribution in [0.15, 0.2) is 59.6 Å². The molecule has 5 heteroatoms. The summed E-state index contributed by atoms with van der Waals surface area (Å²) < 4.78 is 5.19. The summed E-state index contributed by atoms with van der Waals surface area (Å²) in [5.74, 6) is 0.974. The molecule has 3 aromatic rings. The van der Waals surface area contributed by atoms with Gasteiger partial charge in [-0.2, -0.15) is 5.26 Å². The van der Waals surface area contributed by atoms with Gasteiger partial charge in [-0.25, -0.2) is 4.98 Å². The molecule has 2 aromatic carbocycles. The Morgan fingerprint density at radius 2 is 2.00 bits per heavy atom. The maximum absolute atomic E-state index is 12.2. The summed E-state index contributed by atoms with van der Waals surface area (Å²) in [4.78, 5) is 16.7. The first-order valence-corrected chi connectivity index (χ1v) is 8.30. The first-order chi connectivity index (χ1) is 11.7. The van der Waals surface area contributed by atoms with Crippen LogP contribution in [0.25, 0.3) is 10.9 Å². The van der Waals surface area contributed by atoms with Crippen molar-refractivity contribution in [1.29, 1.82) is 5.26 Å². The van der Waals surface area contributed by atoms with E-state index in [0.29, 0.717) is 21.9 Å². The van der Waals surface area contributed by atoms with Gasteiger partial charge in [0.25, 0.3) is 0 Å². The van der Waals surface area contributed by atoms with Gasteiger partial charge in [0.05, 0.1) is 23.9 Å². The number of ketones is 1. The van der Waals surface area contributed by atoms with Crippen LogP contribution in [0.3, 0.4) is 0 Å². The number of nitrogens with zero attached hydrogens (tertiary/aromatic N) is 2. The Morgan fingerprint density at radius 1 is 1.21 bits per heavy atom. The number of carbonyl (C=O) groups excluding carboxylic acids is 1. The lowest BCUT2D eigenvalue weighted by molar-refractivity contribution is 0.102. The summed E-state index contributed by atoms with van der Waals surface area (Å²) >= 11 is 1.28. The van der Waals surface area contributed by atoms with E-state index in [2.05, 4.69) is 11.1 Å². The smallest absolute Gasteiger partial charge is 0.173 e. The van der Waals surface area contributed by atoms with Gasteiger partial charge in [0.15, 0.2) is 5.78 Å². The largest absolute Gasteiger partial charge is 0.497 e. The van der Waals surface area contributed by atoms with Gasteiger partial charge >= 0.3 is 0 Å². The van der Waals surface area contributed by atoms with Crippen LogP contribution in [0.2, 0.25) is 0 Å². The van der Waals surface area contributed by atoms with Crippen LogP contribution in [-0.2, 0) is 0 Å². The molecule has 0 aliphatic rings. The molecule has 3 rings (SSSR count). The Hall–Kier alpha value is -2.84. The number of rotatable bonds is 5. The van der Waals surface area contributed by atoms with Crippen molar-refractivity contribution < 1.29 is 9.53 Å². The van der Waals surface area contributed by atoms with E-state index in [1.165, 1.54) is 11.8 Å². The van der Waals surface area contributed by atoms with E-state index in [9.17, 15) is 10.1 Å². The highest BCUT2D eigenvalue weighted by atomic mass is 32.2. The van der Waals surface area contributed by atoms with Crippen molar-refractivity contribution in [2.24, 2.45) is 0 Å². The van der Waals surface area contributed by atoms with Crippen molar-refractivity contribution in [1.82, 2.24) is 4.98 Å². The van der Waals surface area contributed by atoms with Gasteiger partial charge in [-0.15, -0.1) is 0 Å². The van der Waals surface area contributed by atoms with Gasteiger partial charge in [-0.1, -0.05) is 42.1 Å². The first-order valence-electron chi connectivity index (χ1n) is 7.31. The fourth-order valence-corrected chi connectivity index (χ4v) is 3.15. The number of nitriles is 1. The summed E-state index contributed by atoms with van der Waals surface area (Å²) in [5, 5.41) is 10.8. The van der Waals surface area contributed by atoms with Crippen LogP contribution in [0.1, 0.15) is 15.9 Å². The Balaban J connectivity index is 1.86. The minimum Gasteiger partial charge on any atom is -0.497 e. The number of pyridine rings is 1. The van der Waals surface area contributed by atoms with Crippen LogP contribution in [0.5, 0.6) is 5.75 Å². The second-order valence-electron chi connectivity index (χ2n) is 5.09. The molecule has 1 aromatic heterocycles. The molecule has 0 atom stereocenters. The molecule has 0 fully saturated rings. The second kappa shape index (κ2) is 7.16. The van der Waals surface area contributed by atoms with E-state index in [4.69, 9.17) is 4.74 Å². The molecule has 0 aliphatic heterocycles. The van der Waals surface area contributed by atoms with Gasteiger partial charge in [0, 0.05) is 10.9 Å². The average molecular weight is 334 g/mol. The third-order valence-corrected chi connectivity index (χ3v) is 4.53. The molecule has 0 saturated heterocycles. The van der Waals surface area contributed by atoms with Gasteiger partial charge < -0.3 is 4.74 Å². The van der Waals surface area contributed by atoms with E-state index in [1.54, 1.807) is 25.3 Å². The van der Waals surface area contributed by atoms with Gasteiger partial charge in [0.1, 0.15) is 16.8 Å². The lowest BCUT2D eigenvalue weighted by atomic mass is 10.1. The molecule has 0 saturated carbocycles. The Kier molecular flexibility index (Phi) is 4.78. The van der Waals surface area contributed by atoms with E-state index in [-0.39, 0.29) is 11.5 Å².